The fourth-order valence-electron chi connectivity index (χ4n) is 1.08. The highest BCUT2D eigenvalue weighted by atomic mass is 19.1. The van der Waals surface area contributed by atoms with E-state index in [1.165, 1.54) is 12.1 Å². The Bertz CT molecular complexity index is 335. The van der Waals surface area contributed by atoms with Gasteiger partial charge in [-0.3, -0.25) is 4.79 Å². The number of carbonyl (C=O) groups is 1. The van der Waals surface area contributed by atoms with Gasteiger partial charge >= 0.3 is 0 Å². The summed E-state index contributed by atoms with van der Waals surface area (Å²) in [6.45, 7) is -0.0306. The maximum absolute atomic E-state index is 12.9. The summed E-state index contributed by atoms with van der Waals surface area (Å²) >= 11 is 0. The summed E-state index contributed by atoms with van der Waals surface area (Å²) in [6.07, 6.45) is 0.604. The quantitative estimate of drug-likeness (QED) is 0.594. The molecule has 0 fully saturated rings. The van der Waals surface area contributed by atoms with Crippen molar-refractivity contribution in [2.24, 2.45) is 0 Å². The lowest BCUT2D eigenvalue weighted by Gasteiger charge is -1.98. The van der Waals surface area contributed by atoms with E-state index < -0.39 is 5.82 Å². The normalized spacial score (nSPS) is 13.1. The van der Waals surface area contributed by atoms with Crippen LogP contribution >= 0.6 is 0 Å². The number of rotatable bonds is 1. The van der Waals surface area contributed by atoms with Gasteiger partial charge in [-0.15, -0.1) is 0 Å². The van der Waals surface area contributed by atoms with E-state index in [-0.39, 0.29) is 18.3 Å². The van der Waals surface area contributed by atoms with Gasteiger partial charge < -0.3 is 9.47 Å². The molecule has 3 nitrogen and oxygen atoms in total. The number of halogens is 1. The van der Waals surface area contributed by atoms with E-state index in [4.69, 9.17) is 9.47 Å². The molecule has 0 saturated carbocycles. The van der Waals surface area contributed by atoms with E-state index in [0.717, 1.165) is 0 Å². The van der Waals surface area contributed by atoms with Crippen molar-refractivity contribution < 1.29 is 18.7 Å². The molecular formula is C8H5FO3. The van der Waals surface area contributed by atoms with Gasteiger partial charge in [0.05, 0.1) is 5.56 Å². The van der Waals surface area contributed by atoms with Crippen molar-refractivity contribution in [3.63, 3.8) is 0 Å². The first kappa shape index (κ1) is 7.09. The van der Waals surface area contributed by atoms with Crippen molar-refractivity contribution >= 4 is 6.29 Å². The zero-order valence-electron chi connectivity index (χ0n) is 6.04. The molecule has 2 rings (SSSR count). The Labute approximate surface area is 67.7 Å². The third-order valence-corrected chi connectivity index (χ3v) is 1.63. The molecule has 0 unspecified atom stereocenters. The van der Waals surface area contributed by atoms with Gasteiger partial charge in [-0.05, 0) is 12.1 Å². The van der Waals surface area contributed by atoms with Crippen LogP contribution < -0.4 is 9.47 Å². The fraction of sp³-hybridized carbons (Fsp3) is 0.125. The number of carbonyl (C=O) groups excluding carboxylic acids is 1. The molecule has 1 aromatic rings. The van der Waals surface area contributed by atoms with Crippen molar-refractivity contribution in [1.82, 2.24) is 0 Å². The monoisotopic (exact) mass is 168 g/mol. The van der Waals surface area contributed by atoms with E-state index in [2.05, 4.69) is 0 Å². The Morgan fingerprint density at radius 2 is 2.08 bits per heavy atom. The minimum Gasteiger partial charge on any atom is -0.453 e. The van der Waals surface area contributed by atoms with Gasteiger partial charge in [0, 0.05) is 0 Å². The van der Waals surface area contributed by atoms with Crippen LogP contribution in [0.3, 0.4) is 0 Å². The molecule has 1 aliphatic heterocycles. The van der Waals surface area contributed by atoms with Crippen LogP contribution in [0.5, 0.6) is 11.5 Å². The summed E-state index contributed by atoms with van der Waals surface area (Å²) in [6, 6.07) is 2.53. The van der Waals surface area contributed by atoms with E-state index in [0.29, 0.717) is 11.8 Å². The van der Waals surface area contributed by atoms with Crippen molar-refractivity contribution in [3.8, 4) is 11.5 Å². The Hall–Kier alpha value is -1.58. The summed E-state index contributed by atoms with van der Waals surface area (Å²) in [5, 5.41) is 0. The van der Waals surface area contributed by atoms with Gasteiger partial charge in [-0.2, -0.15) is 0 Å². The van der Waals surface area contributed by atoms with Crippen LogP contribution in [0.25, 0.3) is 0 Å². The van der Waals surface area contributed by atoms with E-state index >= 15 is 0 Å². The maximum Gasteiger partial charge on any atom is 0.231 e. The van der Waals surface area contributed by atoms with Gasteiger partial charge in [0.15, 0.2) is 17.9 Å². The van der Waals surface area contributed by atoms with Gasteiger partial charge in [0.25, 0.3) is 0 Å². The molecule has 1 aliphatic rings. The van der Waals surface area contributed by atoms with Gasteiger partial charge in [0.2, 0.25) is 12.5 Å². The summed E-state index contributed by atoms with van der Waals surface area (Å²) in [5.41, 5.74) is 0.309. The topological polar surface area (TPSA) is 35.5 Å². The van der Waals surface area contributed by atoms with Crippen LogP contribution in [-0.4, -0.2) is 13.1 Å². The standard InChI is InChI=1S/C8H5FO3/c9-6-2-1-5(3-10)7-8(6)12-4-11-7/h1-3H,4H2. The summed E-state index contributed by atoms with van der Waals surface area (Å²) < 4.78 is 22.6. The summed E-state index contributed by atoms with van der Waals surface area (Å²) in [7, 11) is 0. The van der Waals surface area contributed by atoms with Gasteiger partial charge in [0.1, 0.15) is 0 Å². The van der Waals surface area contributed by atoms with Crippen LogP contribution in [-0.2, 0) is 0 Å². The highest BCUT2D eigenvalue weighted by molar-refractivity contribution is 5.81. The van der Waals surface area contributed by atoms with E-state index in [9.17, 15) is 9.18 Å². The largest absolute Gasteiger partial charge is 0.453 e. The second kappa shape index (κ2) is 2.48. The number of aldehydes is 1. The lowest BCUT2D eigenvalue weighted by molar-refractivity contribution is 0.111. The highest BCUT2D eigenvalue weighted by Gasteiger charge is 2.21. The van der Waals surface area contributed by atoms with Crippen molar-refractivity contribution in [2.75, 3.05) is 6.79 Å². The molecule has 0 atom stereocenters. The fourth-order valence-corrected chi connectivity index (χ4v) is 1.08. The molecule has 1 heterocycles. The molecular weight excluding hydrogens is 163 g/mol. The van der Waals surface area contributed by atoms with Crippen molar-refractivity contribution in [3.05, 3.63) is 23.5 Å². The number of fused-ring (bicyclic) bond motifs is 1. The Balaban J connectivity index is 2.64. The Morgan fingerprint density at radius 1 is 1.33 bits per heavy atom. The third-order valence-electron chi connectivity index (χ3n) is 1.63. The average Bonchev–Trinajstić information content (AvgIpc) is 2.54. The molecule has 0 aliphatic carbocycles. The second-order valence-electron chi connectivity index (χ2n) is 2.32. The second-order valence-corrected chi connectivity index (χ2v) is 2.32. The zero-order chi connectivity index (χ0) is 8.55. The van der Waals surface area contributed by atoms with Crippen LogP contribution in [0.1, 0.15) is 10.4 Å². The van der Waals surface area contributed by atoms with Gasteiger partial charge in [-0.25, -0.2) is 4.39 Å². The molecule has 0 aromatic heterocycles. The van der Waals surface area contributed by atoms with Crippen LogP contribution in [0, 0.1) is 5.82 Å². The van der Waals surface area contributed by atoms with Crippen LogP contribution in [0.2, 0.25) is 0 Å². The zero-order valence-corrected chi connectivity index (χ0v) is 6.04. The average molecular weight is 168 g/mol. The predicted octanol–water partition coefficient (Wildman–Crippen LogP) is 1.37. The molecule has 1 aromatic carbocycles. The summed E-state index contributed by atoms with van der Waals surface area (Å²) in [4.78, 5) is 10.4. The SMILES string of the molecule is O=Cc1ccc(F)c2c1OCO2. The van der Waals surface area contributed by atoms with Crippen LogP contribution in [0.15, 0.2) is 12.1 Å². The lowest BCUT2D eigenvalue weighted by atomic mass is 10.2. The highest BCUT2D eigenvalue weighted by Crippen LogP contribution is 2.36. The minimum atomic E-state index is -0.506. The minimum absolute atomic E-state index is 0.0274. The molecule has 0 N–H and O–H groups in total. The van der Waals surface area contributed by atoms with E-state index in [1.807, 2.05) is 0 Å². The number of hydrogen-bond acceptors (Lipinski definition) is 3. The molecule has 0 saturated heterocycles. The Kier molecular flexibility index (Phi) is 1.46. The smallest absolute Gasteiger partial charge is 0.231 e. The molecule has 12 heavy (non-hydrogen) atoms. The number of benzene rings is 1. The number of hydrogen-bond donors (Lipinski definition) is 0. The van der Waals surface area contributed by atoms with Crippen molar-refractivity contribution in [2.45, 2.75) is 0 Å². The first-order chi connectivity index (χ1) is 5.83. The van der Waals surface area contributed by atoms with E-state index in [1.54, 1.807) is 0 Å². The van der Waals surface area contributed by atoms with Crippen molar-refractivity contribution in [1.29, 1.82) is 0 Å². The number of ether oxygens (including phenoxy) is 2. The molecule has 62 valence electrons. The maximum atomic E-state index is 12.9. The lowest BCUT2D eigenvalue weighted by Crippen LogP contribution is -1.94. The molecule has 0 radical (unpaired) electrons. The Morgan fingerprint density at radius 3 is 2.83 bits per heavy atom. The van der Waals surface area contributed by atoms with Gasteiger partial charge in [-0.1, -0.05) is 0 Å². The predicted molar refractivity (Wildman–Crippen MR) is 37.9 cm³/mol. The third kappa shape index (κ3) is 0.845. The van der Waals surface area contributed by atoms with Crippen LogP contribution in [0.4, 0.5) is 4.39 Å². The first-order valence-electron chi connectivity index (χ1n) is 3.36. The first-order valence-corrected chi connectivity index (χ1v) is 3.36. The molecule has 0 bridgehead atoms. The molecule has 0 amide bonds. The molecule has 4 heteroatoms. The summed E-state index contributed by atoms with van der Waals surface area (Å²) in [5.74, 6) is -0.280. The molecule has 0 spiro atoms.